The first kappa shape index (κ1) is 12.0. The third-order valence-corrected chi connectivity index (χ3v) is 5.73. The van der Waals surface area contributed by atoms with Gasteiger partial charge in [0.05, 0.1) is 0 Å². The van der Waals surface area contributed by atoms with Crippen molar-refractivity contribution in [3.63, 3.8) is 0 Å². The molecule has 2 N–H and O–H groups in total. The predicted octanol–water partition coefficient (Wildman–Crippen LogP) is 2.91. The van der Waals surface area contributed by atoms with Gasteiger partial charge in [0.25, 0.3) is 0 Å². The van der Waals surface area contributed by atoms with Gasteiger partial charge in [-0.25, -0.2) is 0 Å². The summed E-state index contributed by atoms with van der Waals surface area (Å²) in [6.07, 6.45) is 14.2. The lowest BCUT2D eigenvalue weighted by atomic mass is 9.76. The van der Waals surface area contributed by atoms with Gasteiger partial charge in [-0.3, -0.25) is 0 Å². The molecule has 2 saturated carbocycles. The monoisotopic (exact) mass is 236 g/mol. The highest BCUT2D eigenvalue weighted by Crippen LogP contribution is 2.46. The molecule has 98 valence electrons. The molecule has 3 aliphatic rings. The van der Waals surface area contributed by atoms with Crippen LogP contribution in [-0.2, 0) is 0 Å². The Balaban J connectivity index is 1.53. The summed E-state index contributed by atoms with van der Waals surface area (Å²) >= 11 is 0. The number of rotatable bonds is 1. The zero-order valence-electron chi connectivity index (χ0n) is 11.2. The summed E-state index contributed by atoms with van der Waals surface area (Å²) in [6, 6.07) is 1.30. The van der Waals surface area contributed by atoms with Gasteiger partial charge in [-0.15, -0.1) is 0 Å². The maximum absolute atomic E-state index is 6.12. The van der Waals surface area contributed by atoms with Gasteiger partial charge in [-0.05, 0) is 63.5 Å². The standard InChI is InChI=1S/C15H28N2/c16-13-4-3-5-14(12-13)17-10-8-15(9-11-17)6-1-2-7-15/h13-14H,1-12,16H2. The van der Waals surface area contributed by atoms with Gasteiger partial charge in [-0.1, -0.05) is 19.3 Å². The summed E-state index contributed by atoms with van der Waals surface area (Å²) in [5, 5.41) is 0. The van der Waals surface area contributed by atoms with Crippen molar-refractivity contribution in [2.75, 3.05) is 13.1 Å². The van der Waals surface area contributed by atoms with E-state index in [4.69, 9.17) is 5.73 Å². The molecule has 1 heterocycles. The molecule has 2 heteroatoms. The highest BCUT2D eigenvalue weighted by Gasteiger charge is 2.38. The molecule has 0 aromatic carbocycles. The van der Waals surface area contributed by atoms with Crippen LogP contribution in [0.1, 0.15) is 64.2 Å². The predicted molar refractivity (Wildman–Crippen MR) is 71.9 cm³/mol. The Morgan fingerprint density at radius 1 is 0.882 bits per heavy atom. The number of piperidine rings is 1. The molecule has 3 fully saturated rings. The van der Waals surface area contributed by atoms with Crippen molar-refractivity contribution in [3.05, 3.63) is 0 Å². The zero-order chi connectivity index (χ0) is 11.7. The molecule has 2 aliphatic carbocycles. The van der Waals surface area contributed by atoms with Gasteiger partial charge < -0.3 is 10.6 Å². The van der Waals surface area contributed by atoms with Crippen LogP contribution in [0, 0.1) is 5.41 Å². The lowest BCUT2D eigenvalue weighted by molar-refractivity contribution is 0.0583. The third kappa shape index (κ3) is 2.53. The minimum Gasteiger partial charge on any atom is -0.328 e. The fourth-order valence-corrected chi connectivity index (χ4v) is 4.52. The number of likely N-dealkylation sites (tertiary alicyclic amines) is 1. The van der Waals surface area contributed by atoms with E-state index in [1.807, 2.05) is 0 Å². The summed E-state index contributed by atoms with van der Waals surface area (Å²) in [6.45, 7) is 2.72. The molecule has 17 heavy (non-hydrogen) atoms. The second-order valence-corrected chi connectivity index (χ2v) is 6.82. The van der Waals surface area contributed by atoms with Crippen LogP contribution < -0.4 is 5.73 Å². The second kappa shape index (κ2) is 4.89. The highest BCUT2D eigenvalue weighted by atomic mass is 15.2. The van der Waals surface area contributed by atoms with Gasteiger partial charge in [0.15, 0.2) is 0 Å². The Hall–Kier alpha value is -0.0800. The van der Waals surface area contributed by atoms with Crippen molar-refractivity contribution in [3.8, 4) is 0 Å². The average molecular weight is 236 g/mol. The summed E-state index contributed by atoms with van der Waals surface area (Å²) in [4.78, 5) is 2.77. The normalized spacial score (nSPS) is 38.6. The van der Waals surface area contributed by atoms with Crippen molar-refractivity contribution in [2.45, 2.75) is 76.3 Å². The Labute approximate surface area is 106 Å². The topological polar surface area (TPSA) is 29.3 Å². The van der Waals surface area contributed by atoms with Crippen molar-refractivity contribution < 1.29 is 0 Å². The first-order chi connectivity index (χ1) is 8.27. The van der Waals surface area contributed by atoms with Gasteiger partial charge in [0.2, 0.25) is 0 Å². The van der Waals surface area contributed by atoms with E-state index in [0.29, 0.717) is 6.04 Å². The minimum atomic E-state index is 0.483. The Kier molecular flexibility index (Phi) is 3.45. The van der Waals surface area contributed by atoms with Gasteiger partial charge in [0.1, 0.15) is 0 Å². The van der Waals surface area contributed by atoms with E-state index in [0.717, 1.165) is 11.5 Å². The molecule has 0 amide bonds. The van der Waals surface area contributed by atoms with Crippen LogP contribution in [0.3, 0.4) is 0 Å². The highest BCUT2D eigenvalue weighted by molar-refractivity contribution is 4.92. The maximum Gasteiger partial charge on any atom is 0.0110 e. The molecule has 0 aromatic rings. The summed E-state index contributed by atoms with van der Waals surface area (Å²) < 4.78 is 0. The van der Waals surface area contributed by atoms with Crippen LogP contribution in [0.15, 0.2) is 0 Å². The van der Waals surface area contributed by atoms with Crippen LogP contribution in [0.25, 0.3) is 0 Å². The molecule has 2 atom stereocenters. The summed E-state index contributed by atoms with van der Waals surface area (Å²) in [7, 11) is 0. The average Bonchev–Trinajstić information content (AvgIpc) is 2.79. The van der Waals surface area contributed by atoms with Crippen molar-refractivity contribution in [2.24, 2.45) is 11.1 Å². The maximum atomic E-state index is 6.12. The second-order valence-electron chi connectivity index (χ2n) is 6.82. The van der Waals surface area contributed by atoms with Crippen molar-refractivity contribution >= 4 is 0 Å². The van der Waals surface area contributed by atoms with E-state index in [-0.39, 0.29) is 0 Å². The van der Waals surface area contributed by atoms with E-state index in [2.05, 4.69) is 4.90 Å². The van der Waals surface area contributed by atoms with E-state index < -0.39 is 0 Å². The minimum absolute atomic E-state index is 0.483. The summed E-state index contributed by atoms with van der Waals surface area (Å²) in [5.74, 6) is 0. The zero-order valence-corrected chi connectivity index (χ0v) is 11.2. The lowest BCUT2D eigenvalue weighted by Crippen LogP contribution is -2.48. The molecule has 1 aliphatic heterocycles. The fraction of sp³-hybridized carbons (Fsp3) is 1.00. The molecule has 0 aromatic heterocycles. The largest absolute Gasteiger partial charge is 0.328 e. The van der Waals surface area contributed by atoms with Crippen LogP contribution in [0.4, 0.5) is 0 Å². The molecule has 0 bridgehead atoms. The number of hydrogen-bond donors (Lipinski definition) is 1. The lowest BCUT2D eigenvalue weighted by Gasteiger charge is -2.44. The van der Waals surface area contributed by atoms with E-state index in [1.54, 1.807) is 0 Å². The quantitative estimate of drug-likeness (QED) is 0.758. The van der Waals surface area contributed by atoms with Crippen LogP contribution in [-0.4, -0.2) is 30.1 Å². The van der Waals surface area contributed by atoms with Crippen LogP contribution in [0.5, 0.6) is 0 Å². The molecule has 3 rings (SSSR count). The molecule has 2 nitrogen and oxygen atoms in total. The SMILES string of the molecule is NC1CCCC(N2CCC3(CCCC3)CC2)C1. The van der Waals surface area contributed by atoms with E-state index in [9.17, 15) is 0 Å². The van der Waals surface area contributed by atoms with Crippen molar-refractivity contribution in [1.82, 2.24) is 4.90 Å². The van der Waals surface area contributed by atoms with Gasteiger partial charge >= 0.3 is 0 Å². The van der Waals surface area contributed by atoms with E-state index in [1.165, 1.54) is 77.3 Å². The molecule has 2 unspecified atom stereocenters. The Bertz CT molecular complexity index is 248. The molecule has 0 radical (unpaired) electrons. The smallest absolute Gasteiger partial charge is 0.0110 e. The van der Waals surface area contributed by atoms with Crippen LogP contribution >= 0.6 is 0 Å². The third-order valence-electron chi connectivity index (χ3n) is 5.73. The van der Waals surface area contributed by atoms with Gasteiger partial charge in [0, 0.05) is 12.1 Å². The first-order valence-electron chi connectivity index (χ1n) is 7.77. The van der Waals surface area contributed by atoms with E-state index >= 15 is 0 Å². The van der Waals surface area contributed by atoms with Crippen molar-refractivity contribution in [1.29, 1.82) is 0 Å². The Morgan fingerprint density at radius 3 is 2.24 bits per heavy atom. The molecule has 1 spiro atoms. The fourth-order valence-electron chi connectivity index (χ4n) is 4.52. The molecular weight excluding hydrogens is 208 g/mol. The number of nitrogens with zero attached hydrogens (tertiary/aromatic N) is 1. The summed E-state index contributed by atoms with van der Waals surface area (Å²) in [5.41, 5.74) is 6.89. The molecule has 1 saturated heterocycles. The van der Waals surface area contributed by atoms with Crippen LogP contribution in [0.2, 0.25) is 0 Å². The Morgan fingerprint density at radius 2 is 1.59 bits per heavy atom. The molecular formula is C15H28N2. The number of nitrogens with two attached hydrogens (primary N) is 1. The first-order valence-corrected chi connectivity index (χ1v) is 7.77. The van der Waals surface area contributed by atoms with Gasteiger partial charge in [-0.2, -0.15) is 0 Å². The number of hydrogen-bond acceptors (Lipinski definition) is 2.